The monoisotopic (exact) mass is 390 g/mol. The molecule has 0 saturated carbocycles. The lowest BCUT2D eigenvalue weighted by atomic mass is 9.83. The Hall–Kier alpha value is -1.74. The molecule has 5 unspecified atom stereocenters. The van der Waals surface area contributed by atoms with E-state index in [-0.39, 0.29) is 48.7 Å². The number of aliphatic hydroxyl groups excluding tert-OH is 1. The van der Waals surface area contributed by atoms with Crippen molar-refractivity contribution in [2.75, 3.05) is 33.5 Å². The van der Waals surface area contributed by atoms with Gasteiger partial charge in [0.15, 0.2) is 11.5 Å². The van der Waals surface area contributed by atoms with Crippen LogP contribution in [0, 0.1) is 5.92 Å². The van der Waals surface area contributed by atoms with Gasteiger partial charge in [-0.05, 0) is 26.2 Å². The van der Waals surface area contributed by atoms with Crippen LogP contribution in [0.15, 0.2) is 22.6 Å². The van der Waals surface area contributed by atoms with Gasteiger partial charge in [-0.1, -0.05) is 0 Å². The first-order valence-electron chi connectivity index (χ1n) is 10.0. The number of nitrogens with zero attached hydrogens (tertiary/aromatic N) is 1. The van der Waals surface area contributed by atoms with Crippen molar-refractivity contribution in [2.45, 2.75) is 50.1 Å². The Morgan fingerprint density at radius 3 is 2.82 bits per heavy atom. The van der Waals surface area contributed by atoms with Gasteiger partial charge in [0.2, 0.25) is 11.6 Å². The van der Waals surface area contributed by atoms with E-state index in [0.717, 1.165) is 19.3 Å². The van der Waals surface area contributed by atoms with Gasteiger partial charge in [-0.15, -0.1) is 0 Å². The molecule has 5 rings (SSSR count). The number of piperazine rings is 1. The Labute approximate surface area is 163 Å². The molecule has 4 aliphatic heterocycles. The Kier molecular flexibility index (Phi) is 4.17. The van der Waals surface area contributed by atoms with Gasteiger partial charge in [-0.3, -0.25) is 9.59 Å². The number of ether oxygens (including phenoxy) is 3. The van der Waals surface area contributed by atoms with Crippen LogP contribution in [0.1, 0.15) is 26.2 Å². The molecule has 0 aromatic carbocycles. The van der Waals surface area contributed by atoms with Crippen molar-refractivity contribution in [2.24, 2.45) is 5.92 Å². The van der Waals surface area contributed by atoms with Gasteiger partial charge >= 0.3 is 0 Å². The van der Waals surface area contributed by atoms with Crippen molar-refractivity contribution in [3.8, 4) is 0 Å². The van der Waals surface area contributed by atoms with Crippen LogP contribution in [0.2, 0.25) is 0 Å². The Balaban J connectivity index is 1.46. The van der Waals surface area contributed by atoms with E-state index < -0.39 is 11.6 Å². The van der Waals surface area contributed by atoms with E-state index in [1.807, 2.05) is 4.90 Å². The second kappa shape index (κ2) is 6.38. The van der Waals surface area contributed by atoms with E-state index in [4.69, 9.17) is 14.2 Å². The minimum absolute atomic E-state index is 0.00108. The number of carbonyl (C=O) groups is 2. The number of fused-ring (bicyclic) bond motifs is 4. The summed E-state index contributed by atoms with van der Waals surface area (Å²) in [5.41, 5.74) is 0.124. The SMILES string of the molecule is COC12C(CO)C3=C(C(=O)C(C)=C(OCC4CCCCO4)C3=O)N1CC1NC12. The van der Waals surface area contributed by atoms with Crippen molar-refractivity contribution < 1.29 is 28.9 Å². The van der Waals surface area contributed by atoms with E-state index in [9.17, 15) is 14.7 Å². The van der Waals surface area contributed by atoms with Gasteiger partial charge in [0.05, 0.1) is 30.4 Å². The van der Waals surface area contributed by atoms with E-state index in [1.165, 1.54) is 0 Å². The molecule has 5 aliphatic rings. The molecule has 1 aliphatic carbocycles. The highest BCUT2D eigenvalue weighted by atomic mass is 16.5. The van der Waals surface area contributed by atoms with Crippen LogP contribution < -0.4 is 5.32 Å². The predicted molar refractivity (Wildman–Crippen MR) is 97.0 cm³/mol. The molecule has 0 spiro atoms. The Morgan fingerprint density at radius 2 is 2.14 bits per heavy atom. The summed E-state index contributed by atoms with van der Waals surface area (Å²) in [5.74, 6) is -1.03. The molecule has 0 bridgehead atoms. The van der Waals surface area contributed by atoms with Crippen LogP contribution in [-0.4, -0.2) is 79.0 Å². The average molecular weight is 390 g/mol. The van der Waals surface area contributed by atoms with Crippen molar-refractivity contribution in [1.29, 1.82) is 0 Å². The fourth-order valence-electron chi connectivity index (χ4n) is 5.41. The third kappa shape index (κ3) is 2.26. The van der Waals surface area contributed by atoms with E-state index in [0.29, 0.717) is 30.0 Å². The number of rotatable bonds is 5. The van der Waals surface area contributed by atoms with Gasteiger partial charge < -0.3 is 29.5 Å². The number of Topliss-reactive ketones (excluding diaryl/α,β-unsaturated/α-hetero) is 2. The third-order valence-corrected chi connectivity index (χ3v) is 6.85. The maximum Gasteiger partial charge on any atom is 0.226 e. The van der Waals surface area contributed by atoms with Gasteiger partial charge in [0, 0.05) is 37.4 Å². The predicted octanol–water partition coefficient (Wildman–Crippen LogP) is -0.127. The number of carbonyl (C=O) groups excluding carboxylic acids is 2. The molecule has 3 saturated heterocycles. The summed E-state index contributed by atoms with van der Waals surface area (Å²) in [6.45, 7) is 2.90. The molecule has 8 nitrogen and oxygen atoms in total. The highest BCUT2D eigenvalue weighted by Gasteiger charge is 2.72. The Morgan fingerprint density at radius 1 is 1.32 bits per heavy atom. The van der Waals surface area contributed by atoms with E-state index in [2.05, 4.69) is 5.32 Å². The lowest BCUT2D eigenvalue weighted by Crippen LogP contribution is -2.54. The third-order valence-electron chi connectivity index (χ3n) is 6.85. The topological polar surface area (TPSA) is 107 Å². The number of nitrogens with one attached hydrogen (secondary N) is 1. The fourth-order valence-corrected chi connectivity index (χ4v) is 5.41. The zero-order valence-electron chi connectivity index (χ0n) is 16.2. The molecule has 0 amide bonds. The van der Waals surface area contributed by atoms with Crippen molar-refractivity contribution >= 4 is 11.6 Å². The second-order valence-corrected chi connectivity index (χ2v) is 8.23. The van der Waals surface area contributed by atoms with Crippen molar-refractivity contribution in [3.63, 3.8) is 0 Å². The van der Waals surface area contributed by atoms with Crippen LogP contribution in [0.5, 0.6) is 0 Å². The maximum absolute atomic E-state index is 13.4. The minimum Gasteiger partial charge on any atom is -0.486 e. The smallest absolute Gasteiger partial charge is 0.226 e. The van der Waals surface area contributed by atoms with Gasteiger partial charge in [0.1, 0.15) is 6.61 Å². The molecule has 5 atom stereocenters. The molecular formula is C20H26N2O6. The van der Waals surface area contributed by atoms with Crippen LogP contribution in [0.3, 0.4) is 0 Å². The summed E-state index contributed by atoms with van der Waals surface area (Å²) in [6, 6.07) is 0.220. The number of methoxy groups -OCH3 is 1. The standard InChI is InChI=1S/C20H26N2O6/c1-10-16(24)15-14(17(25)18(10)28-9-11-5-3-4-6-27-11)12(8-23)20(26-2)19-13(21-19)7-22(15)20/h11-13,19,21,23H,3-9H2,1-2H3. The van der Waals surface area contributed by atoms with Gasteiger partial charge in [0.25, 0.3) is 0 Å². The number of aliphatic hydroxyl groups is 1. The first-order valence-corrected chi connectivity index (χ1v) is 10.0. The second-order valence-electron chi connectivity index (χ2n) is 8.23. The summed E-state index contributed by atoms with van der Waals surface area (Å²) in [4.78, 5) is 28.5. The summed E-state index contributed by atoms with van der Waals surface area (Å²) in [7, 11) is 1.57. The zero-order valence-corrected chi connectivity index (χ0v) is 16.2. The molecule has 4 heterocycles. The van der Waals surface area contributed by atoms with E-state index in [1.54, 1.807) is 14.0 Å². The number of hydrogen-bond acceptors (Lipinski definition) is 8. The summed E-state index contributed by atoms with van der Waals surface area (Å²) < 4.78 is 17.4. The van der Waals surface area contributed by atoms with Crippen LogP contribution in [0.25, 0.3) is 0 Å². The lowest BCUT2D eigenvalue weighted by molar-refractivity contribution is -0.137. The summed E-state index contributed by atoms with van der Waals surface area (Å²) in [6.07, 6.45) is 2.93. The zero-order chi connectivity index (χ0) is 19.6. The first kappa shape index (κ1) is 18.3. The van der Waals surface area contributed by atoms with Gasteiger partial charge in [-0.2, -0.15) is 0 Å². The Bertz CT molecular complexity index is 799. The summed E-state index contributed by atoms with van der Waals surface area (Å²) in [5, 5.41) is 13.5. The number of ketones is 2. The average Bonchev–Trinajstić information content (AvgIpc) is 3.32. The van der Waals surface area contributed by atoms with Crippen LogP contribution in [0.4, 0.5) is 0 Å². The minimum atomic E-state index is -0.891. The quantitative estimate of drug-likeness (QED) is 0.494. The molecule has 8 heteroatoms. The van der Waals surface area contributed by atoms with Crippen molar-refractivity contribution in [3.05, 3.63) is 22.6 Å². The number of hydrogen-bond donors (Lipinski definition) is 2. The van der Waals surface area contributed by atoms with Crippen LogP contribution >= 0.6 is 0 Å². The van der Waals surface area contributed by atoms with Crippen molar-refractivity contribution in [1.82, 2.24) is 10.2 Å². The highest BCUT2D eigenvalue weighted by molar-refractivity contribution is 6.25. The van der Waals surface area contributed by atoms with E-state index >= 15 is 0 Å². The molecule has 152 valence electrons. The highest BCUT2D eigenvalue weighted by Crippen LogP contribution is 2.55. The number of allylic oxidation sites excluding steroid dienone is 2. The summed E-state index contributed by atoms with van der Waals surface area (Å²) >= 11 is 0. The molecule has 28 heavy (non-hydrogen) atoms. The van der Waals surface area contributed by atoms with Crippen LogP contribution in [-0.2, 0) is 23.8 Å². The lowest BCUT2D eigenvalue weighted by Gasteiger charge is -2.39. The first-order chi connectivity index (χ1) is 13.5. The largest absolute Gasteiger partial charge is 0.486 e. The molecule has 2 N–H and O–H groups in total. The fraction of sp³-hybridized carbons (Fsp3) is 0.700. The van der Waals surface area contributed by atoms with Gasteiger partial charge in [-0.25, -0.2) is 0 Å². The normalized spacial score (nSPS) is 39.3. The maximum atomic E-state index is 13.4. The molecule has 0 aromatic heterocycles. The molecule has 0 radical (unpaired) electrons. The molecule has 0 aromatic rings. The molecular weight excluding hydrogens is 364 g/mol. The molecule has 3 fully saturated rings.